The van der Waals surface area contributed by atoms with E-state index >= 15 is 0 Å². The first-order valence-electron chi connectivity index (χ1n) is 5.15. The molecule has 4 nitrogen and oxygen atoms in total. The Kier molecular flexibility index (Phi) is 4.80. The zero-order chi connectivity index (χ0) is 13.1. The van der Waals surface area contributed by atoms with E-state index in [1.165, 1.54) is 0 Å². The van der Waals surface area contributed by atoms with Crippen molar-refractivity contribution in [3.63, 3.8) is 0 Å². The molecule has 0 radical (unpaired) electrons. The highest BCUT2D eigenvalue weighted by Gasteiger charge is 2.07. The van der Waals surface area contributed by atoms with Gasteiger partial charge in [0.1, 0.15) is 12.4 Å². The van der Waals surface area contributed by atoms with Gasteiger partial charge in [-0.1, -0.05) is 17.7 Å². The lowest BCUT2D eigenvalue weighted by molar-refractivity contribution is 0.341. The monoisotopic (exact) mass is 277 g/mol. The minimum absolute atomic E-state index is 0.0294. The van der Waals surface area contributed by atoms with E-state index < -0.39 is 9.84 Å². The number of ether oxygens (including phenoxy) is 1. The third-order valence-corrected chi connectivity index (χ3v) is 3.40. The van der Waals surface area contributed by atoms with Crippen LogP contribution in [0.25, 0.3) is 0 Å². The van der Waals surface area contributed by atoms with E-state index in [4.69, 9.17) is 22.1 Å². The summed E-state index contributed by atoms with van der Waals surface area (Å²) in [5, 5.41) is 0.438. The zero-order valence-corrected chi connectivity index (χ0v) is 11.4. The Morgan fingerprint density at radius 1 is 1.47 bits per heavy atom. The fourth-order valence-corrected chi connectivity index (χ4v) is 1.85. The molecule has 1 atom stereocenters. The highest BCUT2D eigenvalue weighted by molar-refractivity contribution is 7.90. The van der Waals surface area contributed by atoms with E-state index in [0.717, 1.165) is 11.8 Å². The third kappa shape index (κ3) is 4.93. The Hall–Kier alpha value is -0.780. The predicted octanol–water partition coefficient (Wildman–Crippen LogP) is 1.78. The maximum absolute atomic E-state index is 10.9. The lowest BCUT2D eigenvalue weighted by Gasteiger charge is -2.10. The molecule has 0 aliphatic rings. The van der Waals surface area contributed by atoms with Gasteiger partial charge in [0.05, 0.1) is 10.8 Å². The van der Waals surface area contributed by atoms with Crippen molar-refractivity contribution < 1.29 is 13.2 Å². The molecule has 0 aromatic heterocycles. The van der Waals surface area contributed by atoms with Gasteiger partial charge in [-0.05, 0) is 24.6 Å². The Morgan fingerprint density at radius 3 is 2.59 bits per heavy atom. The van der Waals surface area contributed by atoms with Crippen LogP contribution in [0.3, 0.4) is 0 Å². The summed E-state index contributed by atoms with van der Waals surface area (Å²) in [6.45, 7) is 1.95. The number of benzene rings is 1. The smallest absolute Gasteiger partial charge is 0.150 e. The minimum Gasteiger partial charge on any atom is -0.491 e. The molecule has 96 valence electrons. The van der Waals surface area contributed by atoms with Crippen LogP contribution in [0, 0.1) is 0 Å². The minimum atomic E-state index is -3.02. The lowest BCUT2D eigenvalue weighted by Crippen LogP contribution is -2.12. The van der Waals surface area contributed by atoms with Gasteiger partial charge in [0.2, 0.25) is 0 Å². The van der Waals surface area contributed by atoms with Crippen molar-refractivity contribution in [1.82, 2.24) is 0 Å². The highest BCUT2D eigenvalue weighted by atomic mass is 35.5. The van der Waals surface area contributed by atoms with E-state index in [1.807, 2.05) is 13.0 Å². The number of hydrogen-bond acceptors (Lipinski definition) is 4. The van der Waals surface area contributed by atoms with Crippen LogP contribution in [0.5, 0.6) is 5.75 Å². The van der Waals surface area contributed by atoms with E-state index in [0.29, 0.717) is 10.8 Å². The third-order valence-electron chi connectivity index (χ3n) is 2.19. The Bertz CT molecular complexity index is 485. The van der Waals surface area contributed by atoms with Gasteiger partial charge in [-0.3, -0.25) is 0 Å². The Labute approximate surface area is 107 Å². The van der Waals surface area contributed by atoms with Crippen molar-refractivity contribution >= 4 is 21.4 Å². The fraction of sp³-hybridized carbons (Fsp3) is 0.455. The molecule has 2 N–H and O–H groups in total. The zero-order valence-electron chi connectivity index (χ0n) is 9.81. The van der Waals surface area contributed by atoms with Crippen LogP contribution >= 0.6 is 11.6 Å². The van der Waals surface area contributed by atoms with Crippen LogP contribution in [0.1, 0.15) is 18.5 Å². The number of sulfone groups is 1. The first kappa shape index (κ1) is 14.3. The summed E-state index contributed by atoms with van der Waals surface area (Å²) in [7, 11) is -3.02. The van der Waals surface area contributed by atoms with Gasteiger partial charge >= 0.3 is 0 Å². The molecule has 0 aliphatic heterocycles. The molecule has 0 aliphatic carbocycles. The second-order valence-electron chi connectivity index (χ2n) is 3.96. The van der Waals surface area contributed by atoms with E-state index in [1.54, 1.807) is 12.1 Å². The topological polar surface area (TPSA) is 69.4 Å². The molecule has 1 aromatic carbocycles. The SMILES string of the molecule is C[C@H](N)c1ccc(OCCS(C)(=O)=O)c(Cl)c1. The summed E-state index contributed by atoms with van der Waals surface area (Å²) in [4.78, 5) is 0. The number of rotatable bonds is 5. The fourth-order valence-electron chi connectivity index (χ4n) is 1.22. The second-order valence-corrected chi connectivity index (χ2v) is 6.62. The van der Waals surface area contributed by atoms with Crippen molar-refractivity contribution in [1.29, 1.82) is 0 Å². The van der Waals surface area contributed by atoms with Crippen LogP contribution in [0.4, 0.5) is 0 Å². The largest absolute Gasteiger partial charge is 0.491 e. The van der Waals surface area contributed by atoms with Crippen molar-refractivity contribution in [3.8, 4) is 5.75 Å². The first-order valence-corrected chi connectivity index (χ1v) is 7.59. The van der Waals surface area contributed by atoms with Gasteiger partial charge in [0, 0.05) is 12.3 Å². The molecule has 0 saturated carbocycles. The van der Waals surface area contributed by atoms with Crippen LogP contribution in [-0.2, 0) is 9.84 Å². The predicted molar refractivity (Wildman–Crippen MR) is 69.3 cm³/mol. The van der Waals surface area contributed by atoms with Crippen LogP contribution in [-0.4, -0.2) is 27.0 Å². The molecule has 0 bridgehead atoms. The summed E-state index contributed by atoms with van der Waals surface area (Å²) in [6, 6.07) is 5.13. The summed E-state index contributed by atoms with van der Waals surface area (Å²) < 4.78 is 27.1. The van der Waals surface area contributed by atoms with E-state index in [2.05, 4.69) is 0 Å². The quantitative estimate of drug-likeness (QED) is 0.891. The molecule has 0 unspecified atom stereocenters. The molecule has 17 heavy (non-hydrogen) atoms. The molecular formula is C11H16ClNO3S. The van der Waals surface area contributed by atoms with Crippen LogP contribution < -0.4 is 10.5 Å². The van der Waals surface area contributed by atoms with Crippen LogP contribution in [0.2, 0.25) is 5.02 Å². The van der Waals surface area contributed by atoms with Gasteiger partial charge in [-0.25, -0.2) is 8.42 Å². The van der Waals surface area contributed by atoms with Crippen molar-refractivity contribution in [2.75, 3.05) is 18.6 Å². The van der Waals surface area contributed by atoms with Gasteiger partial charge in [0.15, 0.2) is 9.84 Å². The number of nitrogens with two attached hydrogens (primary N) is 1. The molecule has 1 aromatic rings. The molecule has 0 saturated heterocycles. The molecule has 1 rings (SSSR count). The second kappa shape index (κ2) is 5.71. The molecular weight excluding hydrogens is 262 g/mol. The van der Waals surface area contributed by atoms with Crippen molar-refractivity contribution in [3.05, 3.63) is 28.8 Å². The van der Waals surface area contributed by atoms with Crippen LogP contribution in [0.15, 0.2) is 18.2 Å². The average molecular weight is 278 g/mol. The maximum Gasteiger partial charge on any atom is 0.150 e. The molecule has 0 spiro atoms. The average Bonchev–Trinajstić information content (AvgIpc) is 2.18. The van der Waals surface area contributed by atoms with Gasteiger partial charge < -0.3 is 10.5 Å². The normalized spacial score (nSPS) is 13.4. The summed E-state index contributed by atoms with van der Waals surface area (Å²) in [5.74, 6) is 0.443. The number of hydrogen-bond donors (Lipinski definition) is 1. The van der Waals surface area contributed by atoms with Gasteiger partial charge in [-0.15, -0.1) is 0 Å². The molecule has 0 fully saturated rings. The van der Waals surface area contributed by atoms with Crippen molar-refractivity contribution in [2.45, 2.75) is 13.0 Å². The Morgan fingerprint density at radius 2 is 2.12 bits per heavy atom. The first-order chi connectivity index (χ1) is 7.79. The number of halogens is 1. The van der Waals surface area contributed by atoms with Gasteiger partial charge in [0.25, 0.3) is 0 Å². The molecule has 6 heteroatoms. The lowest BCUT2D eigenvalue weighted by atomic mass is 10.1. The highest BCUT2D eigenvalue weighted by Crippen LogP contribution is 2.27. The molecule has 0 amide bonds. The molecule has 0 heterocycles. The van der Waals surface area contributed by atoms with E-state index in [-0.39, 0.29) is 18.4 Å². The van der Waals surface area contributed by atoms with Gasteiger partial charge in [-0.2, -0.15) is 0 Å². The maximum atomic E-state index is 10.9. The summed E-state index contributed by atoms with van der Waals surface area (Å²) in [6.07, 6.45) is 1.16. The van der Waals surface area contributed by atoms with Crippen molar-refractivity contribution in [2.24, 2.45) is 5.73 Å². The van der Waals surface area contributed by atoms with E-state index in [9.17, 15) is 8.42 Å². The summed E-state index contributed by atoms with van der Waals surface area (Å²) >= 11 is 5.99. The Balaban J connectivity index is 2.67. The standard InChI is InChI=1S/C11H16ClNO3S/c1-8(13)9-3-4-11(10(12)7-9)16-5-6-17(2,14)15/h3-4,7-8H,5-6,13H2,1-2H3/t8-/m0/s1. The summed E-state index contributed by atoms with van der Waals surface area (Å²) in [5.41, 5.74) is 6.62.